The van der Waals surface area contributed by atoms with Gasteiger partial charge in [0.2, 0.25) is 0 Å². The first kappa shape index (κ1) is 11.3. The van der Waals surface area contributed by atoms with Crippen LogP contribution in [0.25, 0.3) is 0 Å². The van der Waals surface area contributed by atoms with Crippen molar-refractivity contribution < 1.29 is 20.1 Å². The van der Waals surface area contributed by atoms with Crippen molar-refractivity contribution in [2.75, 3.05) is 0 Å². The number of hydrogen-bond acceptors (Lipinski definition) is 4. The van der Waals surface area contributed by atoms with E-state index in [0.29, 0.717) is 0 Å². The van der Waals surface area contributed by atoms with E-state index in [2.05, 4.69) is 0 Å². The highest BCUT2D eigenvalue weighted by atomic mass is 16.4. The molecule has 5 heteroatoms. The van der Waals surface area contributed by atoms with Crippen LogP contribution >= 0.6 is 0 Å². The summed E-state index contributed by atoms with van der Waals surface area (Å²) in [5, 5.41) is 27.5. The Balaban J connectivity index is 3.40. The zero-order chi connectivity index (χ0) is 11.8. The van der Waals surface area contributed by atoms with Crippen LogP contribution in [0.2, 0.25) is 0 Å². The molecular formula is C10H13NO4. The third-order valence-corrected chi connectivity index (χ3v) is 2.41. The van der Waals surface area contributed by atoms with E-state index >= 15 is 0 Å². The minimum Gasteiger partial charge on any atom is -0.504 e. The van der Waals surface area contributed by atoms with E-state index in [1.54, 1.807) is 0 Å². The molecule has 0 unspecified atom stereocenters. The molecule has 0 bridgehead atoms. The van der Waals surface area contributed by atoms with Crippen molar-refractivity contribution in [3.63, 3.8) is 0 Å². The molecule has 1 atom stereocenters. The summed E-state index contributed by atoms with van der Waals surface area (Å²) in [5.41, 5.74) is 4.56. The number of benzene rings is 1. The van der Waals surface area contributed by atoms with E-state index in [0.717, 1.165) is 0 Å². The Bertz CT molecular complexity index is 412. The second-order valence-electron chi connectivity index (χ2n) is 3.61. The fourth-order valence-corrected chi connectivity index (χ4v) is 1.36. The normalized spacial score (nSPS) is 14.6. The number of phenolic OH excluding ortho intramolecular Hbond substituents is 2. The van der Waals surface area contributed by atoms with Gasteiger partial charge >= 0.3 is 5.97 Å². The monoisotopic (exact) mass is 211 g/mol. The summed E-state index contributed by atoms with van der Waals surface area (Å²) >= 11 is 0. The largest absolute Gasteiger partial charge is 0.504 e. The second kappa shape index (κ2) is 3.43. The fourth-order valence-electron chi connectivity index (χ4n) is 1.36. The average molecular weight is 211 g/mol. The highest BCUT2D eigenvalue weighted by Crippen LogP contribution is 2.34. The molecule has 0 aliphatic heterocycles. The number of aromatic hydroxyl groups is 2. The van der Waals surface area contributed by atoms with Gasteiger partial charge in [-0.05, 0) is 25.5 Å². The topological polar surface area (TPSA) is 104 Å². The molecule has 0 heterocycles. The number of carboxylic acid groups (broad SMARTS) is 1. The van der Waals surface area contributed by atoms with Crippen molar-refractivity contribution in [2.24, 2.45) is 5.73 Å². The van der Waals surface area contributed by atoms with Crippen LogP contribution in [0.1, 0.15) is 18.1 Å². The molecule has 5 N–H and O–H groups in total. The molecule has 0 aromatic heterocycles. The third-order valence-electron chi connectivity index (χ3n) is 2.41. The highest BCUT2D eigenvalue weighted by Gasteiger charge is 2.32. The van der Waals surface area contributed by atoms with Crippen molar-refractivity contribution >= 4 is 5.97 Å². The number of aliphatic carboxylic acids is 1. The second-order valence-corrected chi connectivity index (χ2v) is 3.61. The van der Waals surface area contributed by atoms with Gasteiger partial charge in [0, 0.05) is 5.56 Å². The maximum Gasteiger partial charge on any atom is 0.328 e. The van der Waals surface area contributed by atoms with Crippen LogP contribution < -0.4 is 5.73 Å². The summed E-state index contributed by atoms with van der Waals surface area (Å²) in [6, 6.07) is 2.60. The molecule has 0 aliphatic carbocycles. The van der Waals surface area contributed by atoms with Gasteiger partial charge in [0.15, 0.2) is 11.5 Å². The third kappa shape index (κ3) is 1.73. The highest BCUT2D eigenvalue weighted by molar-refractivity contribution is 5.81. The van der Waals surface area contributed by atoms with Crippen LogP contribution in [0, 0.1) is 6.92 Å². The van der Waals surface area contributed by atoms with Crippen molar-refractivity contribution in [2.45, 2.75) is 19.4 Å². The number of phenols is 2. The van der Waals surface area contributed by atoms with Gasteiger partial charge in [-0.15, -0.1) is 0 Å². The molecular weight excluding hydrogens is 198 g/mol. The molecule has 5 nitrogen and oxygen atoms in total. The van der Waals surface area contributed by atoms with Crippen molar-refractivity contribution in [3.8, 4) is 11.5 Å². The quantitative estimate of drug-likeness (QED) is 0.538. The van der Waals surface area contributed by atoms with Gasteiger partial charge < -0.3 is 21.1 Å². The molecule has 0 saturated carbocycles. The molecule has 0 fully saturated rings. The Morgan fingerprint density at radius 3 is 2.40 bits per heavy atom. The maximum absolute atomic E-state index is 10.9. The number of carbonyl (C=O) groups is 1. The Hall–Kier alpha value is -1.75. The molecule has 0 amide bonds. The lowest BCUT2D eigenvalue weighted by atomic mass is 9.89. The van der Waals surface area contributed by atoms with Crippen LogP contribution in [0.5, 0.6) is 11.5 Å². The summed E-state index contributed by atoms with van der Waals surface area (Å²) < 4.78 is 0. The van der Waals surface area contributed by atoms with Crippen molar-refractivity contribution in [3.05, 3.63) is 23.3 Å². The number of rotatable bonds is 2. The Morgan fingerprint density at radius 1 is 1.40 bits per heavy atom. The van der Waals surface area contributed by atoms with E-state index in [1.165, 1.54) is 26.0 Å². The number of hydrogen-bond donors (Lipinski definition) is 4. The van der Waals surface area contributed by atoms with Gasteiger partial charge in [-0.3, -0.25) is 0 Å². The first-order valence-corrected chi connectivity index (χ1v) is 4.32. The Morgan fingerprint density at radius 2 is 1.93 bits per heavy atom. The predicted molar refractivity (Wildman–Crippen MR) is 53.7 cm³/mol. The molecule has 0 spiro atoms. The predicted octanol–water partition coefficient (Wildman–Crippen LogP) is 0.665. The molecule has 0 radical (unpaired) electrons. The summed E-state index contributed by atoms with van der Waals surface area (Å²) in [6.45, 7) is 2.83. The standard InChI is InChI=1S/C10H13NO4/c1-5-6(10(2,11)9(14)15)3-4-7(12)8(5)13/h3-4,12-13H,11H2,1-2H3,(H,14,15)/t10-/m1/s1. The summed E-state index contributed by atoms with van der Waals surface area (Å²) in [6.07, 6.45) is 0. The van der Waals surface area contributed by atoms with Gasteiger partial charge in [0.25, 0.3) is 0 Å². The molecule has 1 rings (SSSR count). The lowest BCUT2D eigenvalue weighted by molar-refractivity contribution is -0.143. The lowest BCUT2D eigenvalue weighted by Crippen LogP contribution is -2.42. The maximum atomic E-state index is 10.9. The average Bonchev–Trinajstić information content (AvgIpc) is 2.13. The van der Waals surface area contributed by atoms with Crippen LogP contribution in [0.3, 0.4) is 0 Å². The number of nitrogens with two attached hydrogens (primary N) is 1. The van der Waals surface area contributed by atoms with Gasteiger partial charge in [0.05, 0.1) is 0 Å². The first-order chi connectivity index (χ1) is 6.78. The van der Waals surface area contributed by atoms with Crippen LogP contribution in [-0.2, 0) is 10.3 Å². The van der Waals surface area contributed by atoms with Gasteiger partial charge in [0.1, 0.15) is 5.54 Å². The smallest absolute Gasteiger partial charge is 0.328 e. The van der Waals surface area contributed by atoms with Gasteiger partial charge in [-0.2, -0.15) is 0 Å². The molecule has 0 aliphatic rings. The Kier molecular flexibility index (Phi) is 2.59. The molecule has 15 heavy (non-hydrogen) atoms. The van der Waals surface area contributed by atoms with E-state index in [9.17, 15) is 15.0 Å². The van der Waals surface area contributed by atoms with Gasteiger partial charge in [-0.1, -0.05) is 6.07 Å². The fraction of sp³-hybridized carbons (Fsp3) is 0.300. The van der Waals surface area contributed by atoms with Crippen LogP contribution in [-0.4, -0.2) is 21.3 Å². The molecule has 1 aromatic carbocycles. The molecule has 0 saturated heterocycles. The Labute approximate surface area is 86.8 Å². The van der Waals surface area contributed by atoms with Crippen molar-refractivity contribution in [1.82, 2.24) is 0 Å². The van der Waals surface area contributed by atoms with Crippen LogP contribution in [0.4, 0.5) is 0 Å². The van der Waals surface area contributed by atoms with E-state index in [1.807, 2.05) is 0 Å². The minimum absolute atomic E-state index is 0.266. The van der Waals surface area contributed by atoms with Crippen LogP contribution in [0.15, 0.2) is 12.1 Å². The minimum atomic E-state index is -1.59. The van der Waals surface area contributed by atoms with E-state index < -0.39 is 11.5 Å². The summed E-state index contributed by atoms with van der Waals surface area (Å²) in [7, 11) is 0. The van der Waals surface area contributed by atoms with Gasteiger partial charge in [-0.25, -0.2) is 4.79 Å². The summed E-state index contributed by atoms with van der Waals surface area (Å²) in [4.78, 5) is 10.9. The van der Waals surface area contributed by atoms with Crippen molar-refractivity contribution in [1.29, 1.82) is 0 Å². The molecule has 1 aromatic rings. The van der Waals surface area contributed by atoms with E-state index in [-0.39, 0.29) is 22.6 Å². The SMILES string of the molecule is Cc1c([C@@](C)(N)C(=O)O)ccc(O)c1O. The first-order valence-electron chi connectivity index (χ1n) is 4.32. The lowest BCUT2D eigenvalue weighted by Gasteiger charge is -2.22. The molecule has 82 valence electrons. The zero-order valence-corrected chi connectivity index (χ0v) is 8.48. The summed E-state index contributed by atoms with van der Waals surface area (Å²) in [5.74, 6) is -1.83. The zero-order valence-electron chi connectivity index (χ0n) is 8.48. The van der Waals surface area contributed by atoms with E-state index in [4.69, 9.17) is 10.8 Å². The number of carboxylic acids is 1.